The molecule has 0 heterocycles. The van der Waals surface area contributed by atoms with E-state index in [-0.39, 0.29) is 0 Å². The predicted octanol–water partition coefficient (Wildman–Crippen LogP) is 6.68. The molecule has 0 bridgehead atoms. The zero-order valence-corrected chi connectivity index (χ0v) is 14.6. The molecule has 0 spiro atoms. The van der Waals surface area contributed by atoms with Gasteiger partial charge in [-0.2, -0.15) is 0 Å². The summed E-state index contributed by atoms with van der Waals surface area (Å²) in [5, 5.41) is 5.28. The molecule has 25 heavy (non-hydrogen) atoms. The first-order valence-corrected chi connectivity index (χ1v) is 8.92. The standard InChI is InChI=1S/C25H20/c1-16-10-11-21-13-17(2)25(24(21)12-16)22-9-5-8-20-14-18-6-3-4-7-19(18)15-23(20)22/h3-12,14-15H,13H2,1-2H3. The average molecular weight is 320 g/mol. The van der Waals surface area contributed by atoms with E-state index in [0.717, 1.165) is 6.42 Å². The third kappa shape index (κ3) is 2.21. The highest BCUT2D eigenvalue weighted by molar-refractivity contribution is 6.06. The molecule has 1 aliphatic rings. The first-order chi connectivity index (χ1) is 12.2. The van der Waals surface area contributed by atoms with E-state index < -0.39 is 0 Å². The van der Waals surface area contributed by atoms with Gasteiger partial charge in [0.15, 0.2) is 0 Å². The second-order valence-electron chi connectivity index (χ2n) is 7.22. The van der Waals surface area contributed by atoms with E-state index in [1.165, 1.54) is 54.9 Å². The van der Waals surface area contributed by atoms with Gasteiger partial charge < -0.3 is 0 Å². The van der Waals surface area contributed by atoms with Crippen molar-refractivity contribution in [2.45, 2.75) is 20.3 Å². The molecule has 0 nitrogen and oxygen atoms in total. The Labute approximate surface area is 148 Å². The average Bonchev–Trinajstić information content (AvgIpc) is 2.94. The molecule has 4 aromatic carbocycles. The molecular weight excluding hydrogens is 300 g/mol. The van der Waals surface area contributed by atoms with Crippen molar-refractivity contribution in [2.75, 3.05) is 0 Å². The second kappa shape index (κ2) is 5.32. The van der Waals surface area contributed by atoms with Crippen molar-refractivity contribution < 1.29 is 0 Å². The minimum atomic E-state index is 1.06. The van der Waals surface area contributed by atoms with Crippen LogP contribution in [0.1, 0.15) is 29.2 Å². The minimum absolute atomic E-state index is 1.06. The molecule has 4 aromatic rings. The summed E-state index contributed by atoms with van der Waals surface area (Å²) in [5.41, 5.74) is 8.47. The molecule has 0 atom stereocenters. The van der Waals surface area contributed by atoms with Gasteiger partial charge in [-0.25, -0.2) is 0 Å². The molecule has 0 amide bonds. The Hall–Kier alpha value is -2.86. The lowest BCUT2D eigenvalue weighted by atomic mass is 9.91. The molecule has 0 unspecified atom stereocenters. The van der Waals surface area contributed by atoms with Gasteiger partial charge in [-0.15, -0.1) is 0 Å². The summed E-state index contributed by atoms with van der Waals surface area (Å²) in [4.78, 5) is 0. The van der Waals surface area contributed by atoms with Crippen LogP contribution in [0.25, 0.3) is 27.1 Å². The van der Waals surface area contributed by atoms with Gasteiger partial charge in [-0.3, -0.25) is 0 Å². The molecule has 0 N–H and O–H groups in total. The van der Waals surface area contributed by atoms with Crippen molar-refractivity contribution in [2.24, 2.45) is 0 Å². The van der Waals surface area contributed by atoms with Crippen LogP contribution in [0.4, 0.5) is 0 Å². The van der Waals surface area contributed by atoms with E-state index in [2.05, 4.69) is 86.6 Å². The van der Waals surface area contributed by atoms with E-state index in [9.17, 15) is 0 Å². The Kier molecular flexibility index (Phi) is 3.08. The van der Waals surface area contributed by atoms with E-state index in [0.29, 0.717) is 0 Å². The molecular formula is C25H20. The van der Waals surface area contributed by atoms with E-state index in [1.807, 2.05) is 0 Å². The summed E-state index contributed by atoms with van der Waals surface area (Å²) in [6, 6.07) is 26.9. The minimum Gasteiger partial charge on any atom is -0.0616 e. The maximum absolute atomic E-state index is 2.36. The van der Waals surface area contributed by atoms with E-state index >= 15 is 0 Å². The van der Waals surface area contributed by atoms with Crippen LogP contribution in [0.15, 0.2) is 78.4 Å². The van der Waals surface area contributed by atoms with Gasteiger partial charge in [-0.05, 0) is 76.2 Å². The van der Waals surface area contributed by atoms with Crippen molar-refractivity contribution >= 4 is 27.1 Å². The molecule has 0 saturated carbocycles. The van der Waals surface area contributed by atoms with Gasteiger partial charge >= 0.3 is 0 Å². The topological polar surface area (TPSA) is 0 Å². The summed E-state index contributed by atoms with van der Waals surface area (Å²) in [6.07, 6.45) is 1.06. The van der Waals surface area contributed by atoms with Gasteiger partial charge in [0.05, 0.1) is 0 Å². The quantitative estimate of drug-likeness (QED) is 0.343. The van der Waals surface area contributed by atoms with E-state index in [4.69, 9.17) is 0 Å². The van der Waals surface area contributed by atoms with Crippen LogP contribution in [0, 0.1) is 6.92 Å². The lowest BCUT2D eigenvalue weighted by Gasteiger charge is -2.13. The number of aryl methyl sites for hydroxylation is 1. The molecule has 0 aromatic heterocycles. The molecule has 1 aliphatic carbocycles. The van der Waals surface area contributed by atoms with Gasteiger partial charge in [-0.1, -0.05) is 71.8 Å². The summed E-state index contributed by atoms with van der Waals surface area (Å²) in [5.74, 6) is 0. The van der Waals surface area contributed by atoms with Crippen LogP contribution in [0.2, 0.25) is 0 Å². The first kappa shape index (κ1) is 14.5. The summed E-state index contributed by atoms with van der Waals surface area (Å²) in [7, 11) is 0. The van der Waals surface area contributed by atoms with Gasteiger partial charge in [0.2, 0.25) is 0 Å². The van der Waals surface area contributed by atoms with Gasteiger partial charge in [0.1, 0.15) is 0 Å². The molecule has 0 fully saturated rings. The molecule has 0 aliphatic heterocycles. The fourth-order valence-corrected chi connectivity index (χ4v) is 4.24. The van der Waals surface area contributed by atoms with Crippen molar-refractivity contribution in [1.82, 2.24) is 0 Å². The third-order valence-electron chi connectivity index (χ3n) is 5.43. The highest BCUT2D eigenvalue weighted by atomic mass is 14.2. The second-order valence-corrected chi connectivity index (χ2v) is 7.22. The maximum Gasteiger partial charge on any atom is -0.00543 e. The molecule has 120 valence electrons. The predicted molar refractivity (Wildman–Crippen MR) is 108 cm³/mol. The van der Waals surface area contributed by atoms with Crippen molar-refractivity contribution in [3.05, 3.63) is 101 Å². The van der Waals surface area contributed by atoms with Crippen LogP contribution in [0.5, 0.6) is 0 Å². The first-order valence-electron chi connectivity index (χ1n) is 8.92. The molecule has 5 rings (SSSR count). The fourth-order valence-electron chi connectivity index (χ4n) is 4.24. The molecule has 0 heteroatoms. The van der Waals surface area contributed by atoms with Gasteiger partial charge in [0.25, 0.3) is 0 Å². The largest absolute Gasteiger partial charge is 0.0616 e. The lowest BCUT2D eigenvalue weighted by Crippen LogP contribution is -1.91. The Morgan fingerprint density at radius 1 is 0.640 bits per heavy atom. The number of allylic oxidation sites excluding steroid dienone is 1. The summed E-state index contributed by atoms with van der Waals surface area (Å²) < 4.78 is 0. The third-order valence-corrected chi connectivity index (χ3v) is 5.43. The number of benzene rings is 4. The zero-order chi connectivity index (χ0) is 17.0. The number of hydrogen-bond acceptors (Lipinski definition) is 0. The monoisotopic (exact) mass is 320 g/mol. The number of hydrogen-bond donors (Lipinski definition) is 0. The van der Waals surface area contributed by atoms with Crippen LogP contribution in [0.3, 0.4) is 0 Å². The van der Waals surface area contributed by atoms with Gasteiger partial charge in [0, 0.05) is 0 Å². The maximum atomic E-state index is 2.36. The van der Waals surface area contributed by atoms with Crippen molar-refractivity contribution in [1.29, 1.82) is 0 Å². The summed E-state index contributed by atoms with van der Waals surface area (Å²) >= 11 is 0. The SMILES string of the molecule is CC1=C(c2cccc3cc4ccccc4cc23)c2cc(C)ccc2C1. The molecule has 0 radical (unpaired) electrons. The molecule has 0 saturated heterocycles. The Morgan fingerprint density at radius 2 is 1.40 bits per heavy atom. The zero-order valence-electron chi connectivity index (χ0n) is 14.6. The normalized spacial score (nSPS) is 13.7. The number of rotatable bonds is 1. The van der Waals surface area contributed by atoms with E-state index in [1.54, 1.807) is 0 Å². The van der Waals surface area contributed by atoms with Crippen LogP contribution in [-0.2, 0) is 6.42 Å². The highest BCUT2D eigenvalue weighted by Crippen LogP contribution is 2.41. The van der Waals surface area contributed by atoms with Crippen LogP contribution in [-0.4, -0.2) is 0 Å². The number of fused-ring (bicyclic) bond motifs is 3. The van der Waals surface area contributed by atoms with Crippen LogP contribution < -0.4 is 0 Å². The Balaban J connectivity index is 1.83. The lowest BCUT2D eigenvalue weighted by molar-refractivity contribution is 1.19. The smallest absolute Gasteiger partial charge is 0.00543 e. The fraction of sp³-hybridized carbons (Fsp3) is 0.120. The Morgan fingerprint density at radius 3 is 2.24 bits per heavy atom. The summed E-state index contributed by atoms with van der Waals surface area (Å²) in [6.45, 7) is 4.46. The van der Waals surface area contributed by atoms with Crippen molar-refractivity contribution in [3.63, 3.8) is 0 Å². The van der Waals surface area contributed by atoms with Crippen molar-refractivity contribution in [3.8, 4) is 0 Å². The highest BCUT2D eigenvalue weighted by Gasteiger charge is 2.21. The van der Waals surface area contributed by atoms with Crippen LogP contribution >= 0.6 is 0 Å². The Bertz CT molecular complexity index is 1180.